The predicted octanol–water partition coefficient (Wildman–Crippen LogP) is 2.82. The molecule has 1 aromatic rings. The van der Waals surface area contributed by atoms with Crippen LogP contribution in [0, 0.1) is 12.8 Å². The molecule has 0 amide bonds. The van der Waals surface area contributed by atoms with E-state index in [0.29, 0.717) is 0 Å². The zero-order valence-electron chi connectivity index (χ0n) is 11.8. The predicted molar refractivity (Wildman–Crippen MR) is 77.7 cm³/mol. The molecule has 0 spiro atoms. The lowest BCUT2D eigenvalue weighted by molar-refractivity contribution is 0.265. The molecule has 2 rings (SSSR count). The SMILES string of the molecule is Cc1ccccc1CN(C)CCC1CCNCC1. The van der Waals surface area contributed by atoms with Crippen LogP contribution in [0.5, 0.6) is 0 Å². The molecule has 2 nitrogen and oxygen atoms in total. The van der Waals surface area contributed by atoms with Gasteiger partial charge in [-0.25, -0.2) is 0 Å². The molecule has 1 N–H and O–H groups in total. The first-order valence-electron chi connectivity index (χ1n) is 7.19. The average molecular weight is 246 g/mol. The van der Waals surface area contributed by atoms with Crippen LogP contribution in [0.2, 0.25) is 0 Å². The molecule has 1 aliphatic rings. The fraction of sp³-hybridized carbons (Fsp3) is 0.625. The van der Waals surface area contributed by atoms with E-state index < -0.39 is 0 Å². The maximum atomic E-state index is 3.44. The van der Waals surface area contributed by atoms with Crippen molar-refractivity contribution in [2.24, 2.45) is 5.92 Å². The van der Waals surface area contributed by atoms with Crippen molar-refractivity contribution in [2.45, 2.75) is 32.7 Å². The van der Waals surface area contributed by atoms with Crippen molar-refractivity contribution in [1.29, 1.82) is 0 Å². The van der Waals surface area contributed by atoms with Gasteiger partial charge in [0.1, 0.15) is 0 Å². The molecule has 100 valence electrons. The number of hydrogen-bond acceptors (Lipinski definition) is 2. The monoisotopic (exact) mass is 246 g/mol. The summed E-state index contributed by atoms with van der Waals surface area (Å²) in [6, 6.07) is 8.71. The van der Waals surface area contributed by atoms with E-state index in [-0.39, 0.29) is 0 Å². The Morgan fingerprint density at radius 1 is 1.22 bits per heavy atom. The van der Waals surface area contributed by atoms with Crippen molar-refractivity contribution in [1.82, 2.24) is 10.2 Å². The van der Waals surface area contributed by atoms with Gasteiger partial charge in [0.15, 0.2) is 0 Å². The van der Waals surface area contributed by atoms with Crippen LogP contribution in [0.4, 0.5) is 0 Å². The van der Waals surface area contributed by atoms with Crippen LogP contribution in [0.15, 0.2) is 24.3 Å². The molecular weight excluding hydrogens is 220 g/mol. The van der Waals surface area contributed by atoms with Crippen molar-refractivity contribution >= 4 is 0 Å². The highest BCUT2D eigenvalue weighted by atomic mass is 15.1. The minimum Gasteiger partial charge on any atom is -0.317 e. The molecule has 1 saturated heterocycles. The summed E-state index contributed by atoms with van der Waals surface area (Å²) in [5.41, 5.74) is 2.87. The first kappa shape index (κ1) is 13.6. The maximum Gasteiger partial charge on any atom is 0.0233 e. The first-order valence-corrected chi connectivity index (χ1v) is 7.19. The van der Waals surface area contributed by atoms with Crippen LogP contribution in [-0.4, -0.2) is 31.6 Å². The molecule has 1 aromatic carbocycles. The number of hydrogen-bond donors (Lipinski definition) is 1. The van der Waals surface area contributed by atoms with Crippen molar-refractivity contribution in [3.63, 3.8) is 0 Å². The van der Waals surface area contributed by atoms with Crippen molar-refractivity contribution in [3.8, 4) is 0 Å². The van der Waals surface area contributed by atoms with Crippen molar-refractivity contribution in [2.75, 3.05) is 26.7 Å². The normalized spacial score (nSPS) is 17.3. The fourth-order valence-corrected chi connectivity index (χ4v) is 2.73. The molecule has 0 aromatic heterocycles. The van der Waals surface area contributed by atoms with Gasteiger partial charge >= 0.3 is 0 Å². The van der Waals surface area contributed by atoms with E-state index in [9.17, 15) is 0 Å². The van der Waals surface area contributed by atoms with E-state index in [4.69, 9.17) is 0 Å². The zero-order chi connectivity index (χ0) is 12.8. The Labute approximate surface area is 111 Å². The van der Waals surface area contributed by atoms with Crippen molar-refractivity contribution < 1.29 is 0 Å². The number of rotatable bonds is 5. The Bertz CT molecular complexity index is 356. The lowest BCUT2D eigenvalue weighted by atomic mass is 9.94. The van der Waals surface area contributed by atoms with Crippen LogP contribution in [0.25, 0.3) is 0 Å². The highest BCUT2D eigenvalue weighted by molar-refractivity contribution is 5.25. The standard InChI is InChI=1S/C16H26N2/c1-14-5-3-4-6-16(14)13-18(2)12-9-15-7-10-17-11-8-15/h3-6,15,17H,7-13H2,1-2H3. The van der Waals surface area contributed by atoms with Gasteiger partial charge in [-0.2, -0.15) is 0 Å². The summed E-state index contributed by atoms with van der Waals surface area (Å²) in [6.45, 7) is 6.94. The molecule has 1 fully saturated rings. The molecule has 2 heteroatoms. The summed E-state index contributed by atoms with van der Waals surface area (Å²) in [6.07, 6.45) is 4.07. The smallest absolute Gasteiger partial charge is 0.0233 e. The van der Waals surface area contributed by atoms with E-state index in [1.54, 1.807) is 0 Å². The Balaban J connectivity index is 1.74. The lowest BCUT2D eigenvalue weighted by Crippen LogP contribution is -2.30. The van der Waals surface area contributed by atoms with Gasteiger partial charge in [-0.05, 0) is 69.9 Å². The van der Waals surface area contributed by atoms with Gasteiger partial charge in [0.05, 0.1) is 0 Å². The Morgan fingerprint density at radius 3 is 2.67 bits per heavy atom. The van der Waals surface area contributed by atoms with E-state index >= 15 is 0 Å². The molecule has 0 bridgehead atoms. The average Bonchev–Trinajstić information content (AvgIpc) is 2.40. The molecule has 0 aliphatic carbocycles. The minimum absolute atomic E-state index is 0.936. The van der Waals surface area contributed by atoms with Crippen molar-refractivity contribution in [3.05, 3.63) is 35.4 Å². The van der Waals surface area contributed by atoms with E-state index in [0.717, 1.165) is 12.5 Å². The minimum atomic E-state index is 0.936. The molecule has 0 radical (unpaired) electrons. The summed E-state index contributed by atoms with van der Waals surface area (Å²) in [5.74, 6) is 0.936. The number of piperidine rings is 1. The van der Waals surface area contributed by atoms with Gasteiger partial charge in [0, 0.05) is 6.54 Å². The molecule has 1 heterocycles. The van der Waals surface area contributed by atoms with E-state index in [2.05, 4.69) is 48.5 Å². The number of aryl methyl sites for hydroxylation is 1. The van der Waals surface area contributed by atoms with Gasteiger partial charge in [-0.3, -0.25) is 0 Å². The number of benzene rings is 1. The van der Waals surface area contributed by atoms with Crippen LogP contribution < -0.4 is 5.32 Å². The Kier molecular flexibility index (Phi) is 5.21. The first-order chi connectivity index (χ1) is 8.75. The second-order valence-electron chi connectivity index (χ2n) is 5.65. The Morgan fingerprint density at radius 2 is 1.94 bits per heavy atom. The molecule has 18 heavy (non-hydrogen) atoms. The number of nitrogens with zero attached hydrogens (tertiary/aromatic N) is 1. The Hall–Kier alpha value is -0.860. The maximum absolute atomic E-state index is 3.44. The van der Waals surface area contributed by atoms with Gasteiger partial charge in [0.25, 0.3) is 0 Å². The fourth-order valence-electron chi connectivity index (χ4n) is 2.73. The van der Waals surface area contributed by atoms with Gasteiger partial charge in [0.2, 0.25) is 0 Å². The van der Waals surface area contributed by atoms with Gasteiger partial charge < -0.3 is 10.2 Å². The highest BCUT2D eigenvalue weighted by Gasteiger charge is 2.13. The zero-order valence-corrected chi connectivity index (χ0v) is 11.8. The van der Waals surface area contributed by atoms with Gasteiger partial charge in [-0.1, -0.05) is 24.3 Å². The highest BCUT2D eigenvalue weighted by Crippen LogP contribution is 2.17. The molecule has 0 unspecified atom stereocenters. The largest absolute Gasteiger partial charge is 0.317 e. The summed E-state index contributed by atoms with van der Waals surface area (Å²) in [5, 5.41) is 3.44. The van der Waals surface area contributed by atoms with Crippen LogP contribution >= 0.6 is 0 Å². The summed E-state index contributed by atoms with van der Waals surface area (Å²) >= 11 is 0. The molecular formula is C16H26N2. The summed E-state index contributed by atoms with van der Waals surface area (Å²) < 4.78 is 0. The van der Waals surface area contributed by atoms with E-state index in [1.165, 1.54) is 50.0 Å². The molecule has 0 atom stereocenters. The summed E-state index contributed by atoms with van der Waals surface area (Å²) in [7, 11) is 2.24. The van der Waals surface area contributed by atoms with E-state index in [1.807, 2.05) is 0 Å². The number of nitrogens with one attached hydrogen (secondary N) is 1. The van der Waals surface area contributed by atoms with Crippen LogP contribution in [0.1, 0.15) is 30.4 Å². The second kappa shape index (κ2) is 6.91. The lowest BCUT2D eigenvalue weighted by Gasteiger charge is -2.25. The molecule has 1 aliphatic heterocycles. The topological polar surface area (TPSA) is 15.3 Å². The summed E-state index contributed by atoms with van der Waals surface area (Å²) in [4.78, 5) is 2.46. The van der Waals surface area contributed by atoms with Gasteiger partial charge in [-0.15, -0.1) is 0 Å². The van der Waals surface area contributed by atoms with Crippen LogP contribution in [0.3, 0.4) is 0 Å². The van der Waals surface area contributed by atoms with Crippen LogP contribution in [-0.2, 0) is 6.54 Å². The second-order valence-corrected chi connectivity index (χ2v) is 5.65. The molecule has 0 saturated carbocycles. The third-order valence-corrected chi connectivity index (χ3v) is 4.08. The third-order valence-electron chi connectivity index (χ3n) is 4.08. The third kappa shape index (κ3) is 4.11. The quantitative estimate of drug-likeness (QED) is 0.859.